The topological polar surface area (TPSA) is 196 Å². The van der Waals surface area contributed by atoms with Crippen molar-refractivity contribution in [2.24, 2.45) is 0 Å². The second kappa shape index (κ2) is 23.7. The number of aromatic nitrogens is 6. The maximum absolute atomic E-state index is 16.1. The largest absolute Gasteiger partial charge is 0.497 e. The summed E-state index contributed by atoms with van der Waals surface area (Å²) >= 11 is 0. The minimum atomic E-state index is -2.01. The summed E-state index contributed by atoms with van der Waals surface area (Å²) in [6, 6.07) is 36.0. The summed E-state index contributed by atoms with van der Waals surface area (Å²) in [5.41, 5.74) is 8.09. The summed E-state index contributed by atoms with van der Waals surface area (Å²) in [5, 5.41) is 9.76. The van der Waals surface area contributed by atoms with Gasteiger partial charge in [-0.15, -0.1) is 0 Å². The summed E-state index contributed by atoms with van der Waals surface area (Å²) in [6.45, 7) is 10.4. The number of methoxy groups -OCH3 is 2. The van der Waals surface area contributed by atoms with Crippen LogP contribution in [0.3, 0.4) is 0 Å². The molecule has 0 bridgehead atoms. The lowest BCUT2D eigenvalue weighted by Gasteiger charge is -2.42. The van der Waals surface area contributed by atoms with Crippen LogP contribution in [0.5, 0.6) is 11.5 Å². The van der Waals surface area contributed by atoms with Crippen molar-refractivity contribution in [2.75, 3.05) is 26.6 Å². The average Bonchev–Trinajstić information content (AvgIpc) is 4.18. The van der Waals surface area contributed by atoms with E-state index in [4.69, 9.17) is 38.5 Å². The van der Waals surface area contributed by atoms with Crippen LogP contribution in [0.25, 0.3) is 11.2 Å². The van der Waals surface area contributed by atoms with Gasteiger partial charge in [0.2, 0.25) is 0 Å². The number of carbonyl (C=O) groups is 1. The van der Waals surface area contributed by atoms with Crippen molar-refractivity contribution in [1.82, 2.24) is 33.7 Å². The zero-order valence-electron chi connectivity index (χ0n) is 41.6. The number of anilines is 1. The van der Waals surface area contributed by atoms with Gasteiger partial charge in [0.1, 0.15) is 53.5 Å². The molecule has 7 atom stereocenters. The molecule has 3 aromatic heterocycles. The van der Waals surface area contributed by atoms with Crippen LogP contribution >= 0.6 is 8.53 Å². The Balaban J connectivity index is 1.42. The number of nitrogen functional groups attached to an aromatic ring is 1. The van der Waals surface area contributed by atoms with Gasteiger partial charge in [-0.1, -0.05) is 98.3 Å². The number of nitrogens with two attached hydrogens (primary N) is 1. The van der Waals surface area contributed by atoms with E-state index in [1.165, 1.54) is 6.33 Å². The zero-order chi connectivity index (χ0) is 50.8. The molecule has 1 saturated heterocycles. The number of nitrogens with zero attached hydrogens (tertiary/aromatic N) is 8. The zero-order valence-corrected chi connectivity index (χ0v) is 42.5. The van der Waals surface area contributed by atoms with E-state index in [2.05, 4.69) is 65.3 Å². The third-order valence-electron chi connectivity index (χ3n) is 12.6. The molecule has 72 heavy (non-hydrogen) atoms. The van der Waals surface area contributed by atoms with Gasteiger partial charge in [-0.25, -0.2) is 24.6 Å². The van der Waals surface area contributed by atoms with Crippen LogP contribution < -0.4 is 15.2 Å². The minimum Gasteiger partial charge on any atom is -0.497 e. The SMILES string of the molecule is CCCC(O[C@@H]1[C@H](OP(OCCC#N)N(C(C)C)C(C)C)[C@@H](C(OC(c2ccccc2)(c2ccc(OC)cc2)c2ccc(OC)cc2)C(=O)c2ccccc2)O[C@H]1n1cnc2c(N)ncnc21)n1ccnc1. The van der Waals surface area contributed by atoms with E-state index in [9.17, 15) is 5.26 Å². The van der Waals surface area contributed by atoms with Gasteiger partial charge in [0.05, 0.1) is 46.0 Å². The predicted molar refractivity (Wildman–Crippen MR) is 273 cm³/mol. The fraction of sp³-hybridized carbons (Fsp3) is 0.370. The van der Waals surface area contributed by atoms with E-state index in [0.717, 1.165) is 12.0 Å². The van der Waals surface area contributed by atoms with Gasteiger partial charge in [0, 0.05) is 30.0 Å². The molecule has 0 aliphatic carbocycles. The van der Waals surface area contributed by atoms with Gasteiger partial charge in [-0.05, 0) is 75.1 Å². The number of hydrogen-bond acceptors (Lipinski definition) is 15. The maximum atomic E-state index is 16.1. The van der Waals surface area contributed by atoms with Crippen LogP contribution in [0.15, 0.2) is 141 Å². The monoisotopic (exact) mass is 995 g/mol. The van der Waals surface area contributed by atoms with Crippen molar-refractivity contribution in [2.45, 2.75) is 108 Å². The second-order valence-electron chi connectivity index (χ2n) is 17.8. The molecule has 8 rings (SSSR count). The summed E-state index contributed by atoms with van der Waals surface area (Å²) in [6.07, 6.45) is 3.07. The first-order valence-electron chi connectivity index (χ1n) is 24.1. The number of fused-ring (bicyclic) bond motifs is 1. The number of rotatable bonds is 24. The van der Waals surface area contributed by atoms with Crippen LogP contribution in [0.4, 0.5) is 5.82 Å². The Morgan fingerprint density at radius 3 is 2.04 bits per heavy atom. The van der Waals surface area contributed by atoms with E-state index < -0.39 is 56.8 Å². The number of hydrogen-bond donors (Lipinski definition) is 1. The average molecular weight is 996 g/mol. The van der Waals surface area contributed by atoms with Crippen LogP contribution in [0, 0.1) is 11.3 Å². The fourth-order valence-electron chi connectivity index (χ4n) is 9.26. The number of ether oxygens (including phenoxy) is 5. The smallest absolute Gasteiger partial charge is 0.259 e. The highest BCUT2D eigenvalue weighted by atomic mass is 31.2. The van der Waals surface area contributed by atoms with Crippen LogP contribution in [0.1, 0.15) is 93.4 Å². The Morgan fingerprint density at radius 2 is 1.47 bits per heavy atom. The van der Waals surface area contributed by atoms with E-state index in [1.54, 1.807) is 49.8 Å². The number of ketones is 1. The van der Waals surface area contributed by atoms with Crippen molar-refractivity contribution >= 4 is 31.3 Å². The molecular weight excluding hydrogens is 934 g/mol. The minimum absolute atomic E-state index is 0.0795. The van der Waals surface area contributed by atoms with E-state index in [-0.39, 0.29) is 30.9 Å². The molecule has 4 heterocycles. The highest BCUT2D eigenvalue weighted by molar-refractivity contribution is 7.44. The summed E-state index contributed by atoms with van der Waals surface area (Å²) in [4.78, 5) is 34.0. The van der Waals surface area contributed by atoms with Crippen molar-refractivity contribution in [3.8, 4) is 17.6 Å². The molecule has 376 valence electrons. The Labute approximate surface area is 421 Å². The first-order valence-corrected chi connectivity index (χ1v) is 25.2. The molecule has 0 radical (unpaired) electrons. The van der Waals surface area contributed by atoms with E-state index in [0.29, 0.717) is 45.8 Å². The highest BCUT2D eigenvalue weighted by Gasteiger charge is 2.57. The molecule has 0 saturated carbocycles. The van der Waals surface area contributed by atoms with Gasteiger partial charge in [-0.3, -0.25) is 9.36 Å². The van der Waals surface area contributed by atoms with Gasteiger partial charge >= 0.3 is 0 Å². The Hall–Kier alpha value is -6.61. The van der Waals surface area contributed by atoms with Gasteiger partial charge in [0.15, 0.2) is 29.6 Å². The Morgan fingerprint density at radius 1 is 0.847 bits per heavy atom. The number of imidazole rings is 2. The first-order chi connectivity index (χ1) is 35.0. The number of benzene rings is 4. The van der Waals surface area contributed by atoms with Gasteiger partial charge in [-0.2, -0.15) is 5.26 Å². The van der Waals surface area contributed by atoms with E-state index in [1.807, 2.05) is 108 Å². The normalized spacial score (nSPS) is 18.3. The third-order valence-corrected chi connectivity index (χ3v) is 14.7. The number of Topliss-reactive ketones (excluding diaryl/α,β-unsaturated/α-hetero) is 1. The lowest BCUT2D eigenvalue weighted by Crippen LogP contribution is -2.51. The molecule has 0 amide bonds. The molecule has 1 fully saturated rings. The molecule has 4 aromatic carbocycles. The number of carbonyl (C=O) groups excluding carboxylic acids is 1. The molecule has 2 N–H and O–H groups in total. The lowest BCUT2D eigenvalue weighted by atomic mass is 9.79. The van der Waals surface area contributed by atoms with Crippen LogP contribution in [-0.2, 0) is 28.9 Å². The number of nitriles is 1. The quantitative estimate of drug-likeness (QED) is 0.0260. The van der Waals surface area contributed by atoms with Crippen molar-refractivity contribution in [1.29, 1.82) is 5.26 Å². The molecule has 0 spiro atoms. The van der Waals surface area contributed by atoms with Crippen LogP contribution in [0.2, 0.25) is 0 Å². The molecule has 1 aliphatic heterocycles. The summed E-state index contributed by atoms with van der Waals surface area (Å²) in [5.74, 6) is 1.04. The van der Waals surface area contributed by atoms with Crippen molar-refractivity contribution in [3.05, 3.63) is 163 Å². The van der Waals surface area contributed by atoms with Crippen molar-refractivity contribution < 1.29 is 37.5 Å². The lowest BCUT2D eigenvalue weighted by molar-refractivity contribution is -0.132. The third kappa shape index (κ3) is 10.9. The second-order valence-corrected chi connectivity index (χ2v) is 19.2. The van der Waals surface area contributed by atoms with Gasteiger partial charge < -0.3 is 43.0 Å². The predicted octanol–water partition coefficient (Wildman–Crippen LogP) is 9.83. The Kier molecular flexibility index (Phi) is 17.1. The molecule has 1 aliphatic rings. The van der Waals surface area contributed by atoms with Gasteiger partial charge in [0.25, 0.3) is 8.53 Å². The first kappa shape index (κ1) is 51.7. The maximum Gasteiger partial charge on any atom is 0.259 e. The van der Waals surface area contributed by atoms with Crippen LogP contribution in [-0.4, -0.2) is 96.8 Å². The van der Waals surface area contributed by atoms with E-state index >= 15 is 4.79 Å². The fourth-order valence-corrected chi connectivity index (χ4v) is 11.0. The highest BCUT2D eigenvalue weighted by Crippen LogP contribution is 2.53. The molecule has 7 aromatic rings. The molecular formula is C54H62N9O8P. The molecule has 3 unspecified atom stereocenters. The Bertz CT molecular complexity index is 2790. The standard InChI is InChI=1S/C54H62N9O8P/c1-8-16-44(61-31-30-57-34-61)68-50-49(71-72(67-32-15-29-55)63(36(2)3)37(4)5)48(69-53(50)62-35-60-45-51(56)58-33-59-52(45)62)47(46(64)38-17-11-9-12-18-38)70-54(39-19-13-10-14-20-39,40-21-25-42(65-6)26-22-40)41-23-27-43(66-7)28-24-41/h9-14,17-28,30-31,33-37,44,47-50,53H,8,15-16,32H2,1-7H3,(H2,56,58,59)/t44?,47?,48-,49-,50-,53-,72?/m1/s1. The molecule has 17 nitrogen and oxygen atoms in total. The summed E-state index contributed by atoms with van der Waals surface area (Å²) < 4.78 is 54.0. The molecule has 18 heteroatoms. The van der Waals surface area contributed by atoms with Crippen molar-refractivity contribution in [3.63, 3.8) is 0 Å². The summed E-state index contributed by atoms with van der Waals surface area (Å²) in [7, 11) is 1.21.